The van der Waals surface area contributed by atoms with Gasteiger partial charge in [-0.1, -0.05) is 79.5 Å². The summed E-state index contributed by atoms with van der Waals surface area (Å²) in [6.45, 7) is 28.9. The molecule has 3 atom stereocenters. The lowest BCUT2D eigenvalue weighted by Crippen LogP contribution is -2.48. The highest BCUT2D eigenvalue weighted by molar-refractivity contribution is 5.79. The van der Waals surface area contributed by atoms with E-state index in [0.717, 1.165) is 106 Å². The summed E-state index contributed by atoms with van der Waals surface area (Å²) in [7, 11) is 1.75. The number of aromatic nitrogens is 4. The first-order valence-corrected chi connectivity index (χ1v) is 17.9. The summed E-state index contributed by atoms with van der Waals surface area (Å²) in [5.41, 5.74) is 3.81. The molecule has 10 nitrogen and oxygen atoms in total. The van der Waals surface area contributed by atoms with Gasteiger partial charge in [-0.3, -0.25) is 9.69 Å². The van der Waals surface area contributed by atoms with Crippen molar-refractivity contribution in [3.63, 3.8) is 0 Å². The van der Waals surface area contributed by atoms with Crippen LogP contribution in [0.2, 0.25) is 0 Å². The second-order valence-electron chi connectivity index (χ2n) is 12.3. The molecule has 10 heteroatoms. The van der Waals surface area contributed by atoms with Gasteiger partial charge in [0.15, 0.2) is 5.82 Å². The Morgan fingerprint density at radius 2 is 1.85 bits per heavy atom. The van der Waals surface area contributed by atoms with Crippen LogP contribution in [0.1, 0.15) is 111 Å². The number of nitrogens with one attached hydrogen (secondary N) is 2. The molecule has 1 amide bonds. The Morgan fingerprint density at radius 1 is 1.13 bits per heavy atom. The van der Waals surface area contributed by atoms with Crippen molar-refractivity contribution in [2.45, 2.75) is 106 Å². The van der Waals surface area contributed by atoms with Crippen molar-refractivity contribution in [3.05, 3.63) is 42.0 Å². The quantitative estimate of drug-likeness (QED) is 0.205. The molecule has 0 radical (unpaired) electrons. The fourth-order valence-electron chi connectivity index (χ4n) is 5.91. The number of rotatable bonds is 16. The van der Waals surface area contributed by atoms with Gasteiger partial charge in [0.05, 0.1) is 24.5 Å². The molecule has 0 bridgehead atoms. The lowest BCUT2D eigenvalue weighted by Gasteiger charge is -2.36. The lowest BCUT2D eigenvalue weighted by molar-refractivity contribution is -0.126. The summed E-state index contributed by atoms with van der Waals surface area (Å²) in [4.78, 5) is 27.5. The van der Waals surface area contributed by atoms with Crippen molar-refractivity contribution in [2.24, 2.45) is 11.8 Å². The molecule has 4 rings (SSSR count). The van der Waals surface area contributed by atoms with Gasteiger partial charge in [0, 0.05) is 70.8 Å². The minimum atomic E-state index is -0.0873. The first-order chi connectivity index (χ1) is 22.3. The summed E-state index contributed by atoms with van der Waals surface area (Å²) in [6.07, 6.45) is 9.61. The first kappa shape index (κ1) is 39.2. The molecule has 260 valence electrons. The summed E-state index contributed by atoms with van der Waals surface area (Å²) >= 11 is 0. The van der Waals surface area contributed by atoms with Gasteiger partial charge >= 0.3 is 0 Å². The minimum absolute atomic E-state index is 0.0183. The predicted molar refractivity (Wildman–Crippen MR) is 191 cm³/mol. The van der Waals surface area contributed by atoms with Gasteiger partial charge in [-0.25, -0.2) is 9.50 Å². The van der Waals surface area contributed by atoms with Gasteiger partial charge in [-0.05, 0) is 32.1 Å². The maximum Gasteiger partial charge on any atom is 0.252 e. The highest BCUT2D eigenvalue weighted by Crippen LogP contribution is 2.27. The van der Waals surface area contributed by atoms with E-state index in [1.807, 2.05) is 45.3 Å². The number of piperidine rings is 1. The topological polar surface area (TPSA) is 99.9 Å². The molecule has 0 aliphatic carbocycles. The van der Waals surface area contributed by atoms with Crippen LogP contribution in [0.25, 0.3) is 5.78 Å². The Morgan fingerprint density at radius 3 is 2.48 bits per heavy atom. The maximum atomic E-state index is 12.7. The highest BCUT2D eigenvalue weighted by atomic mass is 16.5. The average Bonchev–Trinajstić information content (AvgIpc) is 3.48. The lowest BCUT2D eigenvalue weighted by atomic mass is 9.93. The maximum absolute atomic E-state index is 12.7. The van der Waals surface area contributed by atoms with Gasteiger partial charge in [-0.2, -0.15) is 10.1 Å². The predicted octanol–water partition coefficient (Wildman–Crippen LogP) is 6.34. The van der Waals surface area contributed by atoms with Gasteiger partial charge in [0.25, 0.3) is 5.78 Å². The van der Waals surface area contributed by atoms with Crippen LogP contribution in [0.4, 0.5) is 5.82 Å². The molecule has 0 spiro atoms. The molecule has 4 heterocycles. The average molecular weight is 641 g/mol. The SMILES string of the molecule is C=C(C)CC(=C)NC(CCCC(C)CC)c1cn2nc(C[C@H]3CCCNC3=O)c(N3CCN(CCOC)CC3)nc2n1.CC.CC. The monoisotopic (exact) mass is 641 g/mol. The summed E-state index contributed by atoms with van der Waals surface area (Å²) in [5, 5.41) is 11.7. The number of carbonyl (C=O) groups excluding carboxylic acids is 1. The number of hydrogen-bond donors (Lipinski definition) is 2. The van der Waals surface area contributed by atoms with Gasteiger partial charge in [0.2, 0.25) is 5.91 Å². The van der Waals surface area contributed by atoms with Crippen LogP contribution in [0, 0.1) is 11.8 Å². The number of anilines is 1. The van der Waals surface area contributed by atoms with Crippen LogP contribution < -0.4 is 15.5 Å². The van der Waals surface area contributed by atoms with Crippen LogP contribution in [0.5, 0.6) is 0 Å². The molecule has 2 saturated heterocycles. The number of nitrogens with zero attached hydrogens (tertiary/aromatic N) is 6. The number of allylic oxidation sites excluding steroid dienone is 1. The van der Waals surface area contributed by atoms with E-state index >= 15 is 0 Å². The van der Waals surface area contributed by atoms with E-state index in [2.05, 4.69) is 47.4 Å². The minimum Gasteiger partial charge on any atom is -0.383 e. The largest absolute Gasteiger partial charge is 0.383 e. The third-order valence-corrected chi connectivity index (χ3v) is 8.64. The number of fused-ring (bicyclic) bond motifs is 1. The number of hydrogen-bond acceptors (Lipinski definition) is 8. The summed E-state index contributed by atoms with van der Waals surface area (Å²) < 4.78 is 7.10. The molecule has 2 aromatic rings. The van der Waals surface area contributed by atoms with Gasteiger partial charge in [0.1, 0.15) is 5.69 Å². The van der Waals surface area contributed by atoms with Gasteiger partial charge in [-0.15, -0.1) is 0 Å². The Kier molecular flexibility index (Phi) is 17.9. The number of ether oxygens (including phenoxy) is 1. The van der Waals surface area contributed by atoms with E-state index in [0.29, 0.717) is 18.1 Å². The van der Waals surface area contributed by atoms with Crippen molar-refractivity contribution in [1.82, 2.24) is 35.1 Å². The van der Waals surface area contributed by atoms with E-state index in [9.17, 15) is 4.79 Å². The fourth-order valence-corrected chi connectivity index (χ4v) is 5.91. The van der Waals surface area contributed by atoms with E-state index in [4.69, 9.17) is 19.8 Å². The Hall–Kier alpha value is -2.98. The molecular weight excluding hydrogens is 576 g/mol. The molecule has 2 aromatic heterocycles. The third kappa shape index (κ3) is 12.0. The van der Waals surface area contributed by atoms with Crippen LogP contribution >= 0.6 is 0 Å². The number of carbonyl (C=O) groups is 1. The van der Waals surface area contributed by atoms with E-state index in [1.54, 1.807) is 7.11 Å². The normalized spacial score (nSPS) is 18.0. The van der Waals surface area contributed by atoms with Crippen molar-refractivity contribution in [1.29, 1.82) is 0 Å². The molecule has 2 N–H and O–H groups in total. The van der Waals surface area contributed by atoms with Crippen molar-refractivity contribution < 1.29 is 9.53 Å². The van der Waals surface area contributed by atoms with E-state index in [1.165, 1.54) is 12.8 Å². The molecule has 2 fully saturated rings. The van der Waals surface area contributed by atoms with Crippen LogP contribution in [-0.2, 0) is 16.0 Å². The Labute approximate surface area is 279 Å². The van der Waals surface area contributed by atoms with Crippen LogP contribution in [-0.4, -0.2) is 83.4 Å². The Balaban J connectivity index is 0.00000177. The van der Waals surface area contributed by atoms with E-state index in [-0.39, 0.29) is 17.9 Å². The van der Waals surface area contributed by atoms with E-state index < -0.39 is 0 Å². The summed E-state index contributed by atoms with van der Waals surface area (Å²) in [5.74, 6) is 2.18. The standard InChI is InChI=1S/C32H52N8O2.2C2H6/c1-7-24(4)10-8-12-27(34-25(5)20-23(2)3)29-22-40-32(35-29)36-30(39-16-14-38(15-17-39)18-19-42-6)28(37-40)21-26-11-9-13-33-31(26)41;2*1-2/h22,24,26-27,34H,2,5,7-21H2,1,3-4,6H3,(H,33,41);2*1-2H3/t24?,26-,27?;;/m1../s1. The second kappa shape index (κ2) is 21.0. The number of piperazine rings is 1. The molecule has 46 heavy (non-hydrogen) atoms. The molecule has 0 aromatic carbocycles. The molecule has 2 unspecified atom stereocenters. The smallest absolute Gasteiger partial charge is 0.252 e. The number of amides is 1. The molecular formula is C36H64N8O2. The van der Waals surface area contributed by atoms with Crippen molar-refractivity contribution in [3.8, 4) is 0 Å². The molecule has 2 aliphatic heterocycles. The fraction of sp³-hybridized carbons (Fsp3) is 0.722. The van der Waals surface area contributed by atoms with Gasteiger partial charge < -0.3 is 20.3 Å². The van der Waals surface area contributed by atoms with Crippen LogP contribution in [0.15, 0.2) is 30.6 Å². The third-order valence-electron chi connectivity index (χ3n) is 8.64. The first-order valence-electron chi connectivity index (χ1n) is 17.9. The van der Waals surface area contributed by atoms with Crippen molar-refractivity contribution >= 4 is 17.5 Å². The summed E-state index contributed by atoms with van der Waals surface area (Å²) in [6, 6.07) is 0.0183. The van der Waals surface area contributed by atoms with Crippen molar-refractivity contribution in [2.75, 3.05) is 57.9 Å². The Bertz CT molecular complexity index is 1200. The number of imidazole rings is 1. The highest BCUT2D eigenvalue weighted by Gasteiger charge is 2.28. The number of methoxy groups -OCH3 is 1. The zero-order valence-corrected chi connectivity index (χ0v) is 30.3. The zero-order chi connectivity index (χ0) is 34.1. The zero-order valence-electron chi connectivity index (χ0n) is 30.3. The van der Waals surface area contributed by atoms with Crippen LogP contribution in [0.3, 0.4) is 0 Å². The second-order valence-corrected chi connectivity index (χ2v) is 12.3. The molecule has 2 aliphatic rings. The molecule has 0 saturated carbocycles.